The summed E-state index contributed by atoms with van der Waals surface area (Å²) in [6.45, 7) is 2.25. The average molecular weight is 433 g/mol. The van der Waals surface area contributed by atoms with Crippen molar-refractivity contribution in [1.82, 2.24) is 0 Å². The predicted octanol–water partition coefficient (Wildman–Crippen LogP) is 8.40. The number of hydrogen-bond donors (Lipinski definition) is 0. The van der Waals surface area contributed by atoms with Gasteiger partial charge in [-0.1, -0.05) is 57.6 Å². The molecule has 0 heterocycles. The van der Waals surface area contributed by atoms with E-state index in [2.05, 4.69) is 6.92 Å². The smallest absolute Gasteiger partial charge is 0.194 e. The van der Waals surface area contributed by atoms with Crippen LogP contribution in [0.15, 0.2) is 24.3 Å². The molecule has 0 N–H and O–H groups in total. The molecule has 0 aliphatic heterocycles. The van der Waals surface area contributed by atoms with Crippen molar-refractivity contribution < 1.29 is 17.6 Å². The van der Waals surface area contributed by atoms with Crippen LogP contribution in [0.2, 0.25) is 0 Å². The quantitative estimate of drug-likeness (QED) is 0.244. The highest BCUT2D eigenvalue weighted by atomic mass is 19.2. The van der Waals surface area contributed by atoms with E-state index in [9.17, 15) is 13.2 Å². The maximum Gasteiger partial charge on any atom is 0.194 e. The molecule has 0 aromatic heterocycles. The van der Waals surface area contributed by atoms with Gasteiger partial charge in [0.05, 0.1) is 0 Å². The van der Waals surface area contributed by atoms with Gasteiger partial charge >= 0.3 is 0 Å². The fourth-order valence-electron chi connectivity index (χ4n) is 5.80. The number of benzene rings is 2. The molecule has 0 bridgehead atoms. The SMILES string of the molecule is CCCCCC1CCC(C2CCc3c(ccc(-c4cc(F)c(F)c(F)c4)c3F)C2)CC1. The molecule has 2 aliphatic rings. The minimum Gasteiger partial charge on any atom is -0.206 e. The monoisotopic (exact) mass is 432 g/mol. The molecule has 1 unspecified atom stereocenters. The first-order valence-corrected chi connectivity index (χ1v) is 11.9. The molecule has 31 heavy (non-hydrogen) atoms. The average Bonchev–Trinajstić information content (AvgIpc) is 2.78. The molecule has 2 aromatic rings. The van der Waals surface area contributed by atoms with Gasteiger partial charge in [0.2, 0.25) is 0 Å². The van der Waals surface area contributed by atoms with Crippen molar-refractivity contribution in [3.8, 4) is 11.1 Å². The van der Waals surface area contributed by atoms with E-state index in [4.69, 9.17) is 0 Å². The Balaban J connectivity index is 1.44. The molecule has 0 spiro atoms. The van der Waals surface area contributed by atoms with E-state index in [0.717, 1.165) is 42.4 Å². The summed E-state index contributed by atoms with van der Waals surface area (Å²) in [5.41, 5.74) is 1.86. The summed E-state index contributed by atoms with van der Waals surface area (Å²) in [6.07, 6.45) is 13.1. The maximum absolute atomic E-state index is 15.2. The molecule has 168 valence electrons. The Morgan fingerprint density at radius 3 is 2.19 bits per heavy atom. The molecule has 4 rings (SSSR count). The highest BCUT2D eigenvalue weighted by Gasteiger charge is 2.31. The van der Waals surface area contributed by atoms with E-state index in [0.29, 0.717) is 17.9 Å². The van der Waals surface area contributed by atoms with E-state index in [1.54, 1.807) is 6.07 Å². The van der Waals surface area contributed by atoms with Gasteiger partial charge in [-0.2, -0.15) is 0 Å². The van der Waals surface area contributed by atoms with Crippen LogP contribution in [0.4, 0.5) is 17.6 Å². The van der Waals surface area contributed by atoms with E-state index in [-0.39, 0.29) is 11.1 Å². The second kappa shape index (κ2) is 9.75. The standard InChI is InChI=1S/C27H32F4/c1-2-3-4-5-17-6-8-18(9-7-17)19-10-12-22-20(14-19)11-13-23(26(22)30)21-15-24(28)27(31)25(29)16-21/h11,13,15-19H,2-10,12,14H2,1H3. The van der Waals surface area contributed by atoms with Crippen molar-refractivity contribution in [2.75, 3.05) is 0 Å². The third kappa shape index (κ3) is 4.83. The second-order valence-electron chi connectivity index (χ2n) is 9.60. The lowest BCUT2D eigenvalue weighted by molar-refractivity contribution is 0.182. The highest BCUT2D eigenvalue weighted by Crippen LogP contribution is 2.42. The molecular weight excluding hydrogens is 400 g/mol. The van der Waals surface area contributed by atoms with Crippen LogP contribution in [0.3, 0.4) is 0 Å². The number of rotatable bonds is 6. The molecule has 0 radical (unpaired) electrons. The van der Waals surface area contributed by atoms with Gasteiger partial charge in [-0.15, -0.1) is 0 Å². The van der Waals surface area contributed by atoms with E-state index >= 15 is 4.39 Å². The first kappa shape index (κ1) is 22.4. The van der Waals surface area contributed by atoms with E-state index in [1.165, 1.54) is 51.4 Å². The Kier molecular flexibility index (Phi) is 7.03. The molecule has 1 fully saturated rings. The van der Waals surface area contributed by atoms with Crippen LogP contribution in [-0.2, 0) is 12.8 Å². The summed E-state index contributed by atoms with van der Waals surface area (Å²) in [4.78, 5) is 0. The van der Waals surface area contributed by atoms with Crippen LogP contribution in [0, 0.1) is 41.0 Å². The van der Waals surface area contributed by atoms with Gasteiger partial charge < -0.3 is 0 Å². The van der Waals surface area contributed by atoms with Crippen LogP contribution in [0.5, 0.6) is 0 Å². The maximum atomic E-state index is 15.2. The number of hydrogen-bond acceptors (Lipinski definition) is 0. The summed E-state index contributed by atoms with van der Waals surface area (Å²) in [7, 11) is 0. The summed E-state index contributed by atoms with van der Waals surface area (Å²) >= 11 is 0. The topological polar surface area (TPSA) is 0 Å². The molecule has 2 aromatic carbocycles. The fraction of sp³-hybridized carbons (Fsp3) is 0.556. The van der Waals surface area contributed by atoms with Crippen LogP contribution in [0.1, 0.15) is 75.8 Å². The van der Waals surface area contributed by atoms with Gasteiger partial charge in [-0.25, -0.2) is 17.6 Å². The van der Waals surface area contributed by atoms with Crippen LogP contribution in [-0.4, -0.2) is 0 Å². The normalized spacial score (nSPS) is 23.6. The number of fused-ring (bicyclic) bond motifs is 1. The third-order valence-corrected chi connectivity index (χ3v) is 7.66. The summed E-state index contributed by atoms with van der Waals surface area (Å²) in [6, 6.07) is 5.23. The van der Waals surface area contributed by atoms with Gasteiger partial charge in [0.25, 0.3) is 0 Å². The third-order valence-electron chi connectivity index (χ3n) is 7.66. The summed E-state index contributed by atoms with van der Waals surface area (Å²) in [5, 5.41) is 0. The Hall–Kier alpha value is -1.84. The Morgan fingerprint density at radius 2 is 1.52 bits per heavy atom. The van der Waals surface area contributed by atoms with Gasteiger partial charge in [0, 0.05) is 5.56 Å². The largest absolute Gasteiger partial charge is 0.206 e. The van der Waals surface area contributed by atoms with Gasteiger partial charge in [-0.05, 0) is 78.7 Å². The van der Waals surface area contributed by atoms with E-state index in [1.807, 2.05) is 6.07 Å². The van der Waals surface area contributed by atoms with Crippen LogP contribution >= 0.6 is 0 Å². The molecule has 0 saturated heterocycles. The number of halogens is 4. The molecule has 4 heteroatoms. The zero-order valence-electron chi connectivity index (χ0n) is 18.3. The molecule has 0 amide bonds. The molecule has 1 saturated carbocycles. The highest BCUT2D eigenvalue weighted by molar-refractivity contribution is 5.66. The fourth-order valence-corrected chi connectivity index (χ4v) is 5.80. The first-order chi connectivity index (χ1) is 15.0. The summed E-state index contributed by atoms with van der Waals surface area (Å²) in [5.74, 6) is -2.33. The van der Waals surface area contributed by atoms with Crippen molar-refractivity contribution in [1.29, 1.82) is 0 Å². The zero-order chi connectivity index (χ0) is 22.0. The van der Waals surface area contributed by atoms with E-state index < -0.39 is 23.3 Å². The van der Waals surface area contributed by atoms with Gasteiger partial charge in [0.1, 0.15) is 5.82 Å². The molecule has 2 aliphatic carbocycles. The molecule has 0 nitrogen and oxygen atoms in total. The van der Waals surface area contributed by atoms with Crippen molar-refractivity contribution in [2.45, 2.75) is 77.6 Å². The Morgan fingerprint density at radius 1 is 0.806 bits per heavy atom. The molecule has 1 atom stereocenters. The first-order valence-electron chi connectivity index (χ1n) is 11.9. The van der Waals surface area contributed by atoms with Gasteiger partial charge in [0.15, 0.2) is 17.5 Å². The minimum absolute atomic E-state index is 0.0419. The summed E-state index contributed by atoms with van der Waals surface area (Å²) < 4.78 is 55.8. The Bertz CT molecular complexity index is 889. The van der Waals surface area contributed by atoms with Crippen molar-refractivity contribution >= 4 is 0 Å². The second-order valence-corrected chi connectivity index (χ2v) is 9.60. The lowest BCUT2D eigenvalue weighted by atomic mass is 9.69. The lowest BCUT2D eigenvalue weighted by Crippen LogP contribution is -2.27. The van der Waals surface area contributed by atoms with Crippen LogP contribution < -0.4 is 0 Å². The lowest BCUT2D eigenvalue weighted by Gasteiger charge is -2.37. The van der Waals surface area contributed by atoms with Crippen molar-refractivity contribution in [3.05, 3.63) is 58.7 Å². The van der Waals surface area contributed by atoms with Gasteiger partial charge in [-0.3, -0.25) is 0 Å². The predicted molar refractivity (Wildman–Crippen MR) is 117 cm³/mol. The Labute approximate surface area is 183 Å². The van der Waals surface area contributed by atoms with Crippen LogP contribution in [0.25, 0.3) is 11.1 Å². The molecular formula is C27H32F4. The van der Waals surface area contributed by atoms with Crippen molar-refractivity contribution in [3.63, 3.8) is 0 Å². The van der Waals surface area contributed by atoms with Crippen molar-refractivity contribution in [2.24, 2.45) is 17.8 Å². The number of unbranched alkanes of at least 4 members (excludes halogenated alkanes) is 2. The minimum atomic E-state index is -1.52. The zero-order valence-corrected chi connectivity index (χ0v) is 18.3.